The van der Waals surface area contributed by atoms with Gasteiger partial charge in [-0.05, 0) is 43.2 Å². The highest BCUT2D eigenvalue weighted by molar-refractivity contribution is 7.89. The average molecular weight is 513 g/mol. The maximum Gasteiger partial charge on any atom is 0.414 e. The predicted octanol–water partition coefficient (Wildman–Crippen LogP) is 3.94. The Morgan fingerprint density at radius 2 is 1.91 bits per heavy atom. The molecule has 1 heterocycles. The van der Waals surface area contributed by atoms with Crippen LogP contribution >= 0.6 is 11.6 Å². The number of rotatable bonds is 6. The van der Waals surface area contributed by atoms with E-state index in [0.717, 1.165) is 12.1 Å². The first kappa shape index (κ1) is 25.6. The van der Waals surface area contributed by atoms with Gasteiger partial charge in [0.2, 0.25) is 0 Å². The zero-order valence-electron chi connectivity index (χ0n) is 18.8. The van der Waals surface area contributed by atoms with Gasteiger partial charge in [-0.15, -0.1) is 0 Å². The number of hydroxylamine groups is 1. The van der Waals surface area contributed by atoms with Crippen molar-refractivity contribution >= 4 is 38.7 Å². The van der Waals surface area contributed by atoms with E-state index in [1.807, 2.05) is 0 Å². The van der Waals surface area contributed by atoms with Crippen molar-refractivity contribution in [1.29, 1.82) is 0 Å². The number of hydrogen-bond donors (Lipinski definition) is 1. The Labute approximate surface area is 199 Å². The van der Waals surface area contributed by atoms with Gasteiger partial charge in [0.05, 0.1) is 5.02 Å². The molecule has 0 bridgehead atoms. The molecule has 9 nitrogen and oxygen atoms in total. The minimum Gasteiger partial charge on any atom is -0.422 e. The average Bonchev–Trinajstić information content (AvgIpc) is 2.78. The molecular formula is C22H22ClFN2O7S. The first-order chi connectivity index (χ1) is 15.9. The molecule has 3 rings (SSSR count). The number of carbonyl (C=O) groups is 1. The predicted molar refractivity (Wildman–Crippen MR) is 123 cm³/mol. The van der Waals surface area contributed by atoms with Crippen LogP contribution in [0.4, 0.5) is 9.18 Å². The number of amides is 1. The summed E-state index contributed by atoms with van der Waals surface area (Å²) in [6.45, 7) is 2.77. The van der Waals surface area contributed by atoms with Gasteiger partial charge in [0.25, 0.3) is 10.0 Å². The molecular weight excluding hydrogens is 491 g/mol. The highest BCUT2D eigenvalue weighted by Crippen LogP contribution is 2.33. The summed E-state index contributed by atoms with van der Waals surface area (Å²) in [4.78, 5) is 25.1. The lowest BCUT2D eigenvalue weighted by Crippen LogP contribution is -2.28. The lowest BCUT2D eigenvalue weighted by molar-refractivity contribution is 0.00833. The maximum atomic E-state index is 14.2. The molecule has 2 aromatic carbocycles. The molecule has 3 aromatic rings. The molecule has 0 saturated heterocycles. The van der Waals surface area contributed by atoms with Gasteiger partial charge in [0.15, 0.2) is 5.75 Å². The quantitative estimate of drug-likeness (QED) is 0.392. The molecule has 0 saturated carbocycles. The molecule has 1 aromatic heterocycles. The summed E-state index contributed by atoms with van der Waals surface area (Å²) in [5.41, 5.74) is 0.446. The van der Waals surface area contributed by atoms with Crippen LogP contribution in [0, 0.1) is 12.7 Å². The second kappa shape index (κ2) is 9.71. The number of halogens is 2. The van der Waals surface area contributed by atoms with E-state index in [-0.39, 0.29) is 39.4 Å². The van der Waals surface area contributed by atoms with E-state index in [9.17, 15) is 27.6 Å². The van der Waals surface area contributed by atoms with Crippen LogP contribution in [0.25, 0.3) is 11.0 Å². The summed E-state index contributed by atoms with van der Waals surface area (Å²) in [6.07, 6.45) is -0.733. The Morgan fingerprint density at radius 1 is 1.24 bits per heavy atom. The van der Waals surface area contributed by atoms with E-state index in [1.54, 1.807) is 6.92 Å². The Balaban J connectivity index is 2.06. The van der Waals surface area contributed by atoms with Gasteiger partial charge in [-0.25, -0.2) is 22.4 Å². The lowest BCUT2D eigenvalue weighted by atomic mass is 9.99. The summed E-state index contributed by atoms with van der Waals surface area (Å²) in [5, 5.41) is 10.2. The van der Waals surface area contributed by atoms with Crippen LogP contribution in [-0.4, -0.2) is 49.7 Å². The topological polar surface area (TPSA) is 117 Å². The Hall–Kier alpha value is -2.99. The Morgan fingerprint density at radius 3 is 2.53 bits per heavy atom. The van der Waals surface area contributed by atoms with E-state index in [4.69, 9.17) is 20.8 Å². The fourth-order valence-electron chi connectivity index (χ4n) is 3.20. The number of hydrogen-bond acceptors (Lipinski definition) is 7. The number of aryl methyl sites for hydroxylation is 1. The van der Waals surface area contributed by atoms with E-state index < -0.39 is 32.5 Å². The summed E-state index contributed by atoms with van der Waals surface area (Å²) < 4.78 is 49.6. The highest BCUT2D eigenvalue weighted by Gasteiger charge is 2.26. The van der Waals surface area contributed by atoms with Crippen molar-refractivity contribution in [3.63, 3.8) is 0 Å². The largest absolute Gasteiger partial charge is 0.422 e. The van der Waals surface area contributed by atoms with Crippen molar-refractivity contribution in [2.45, 2.75) is 25.2 Å². The van der Waals surface area contributed by atoms with Crippen molar-refractivity contribution in [1.82, 2.24) is 9.37 Å². The van der Waals surface area contributed by atoms with E-state index in [1.165, 1.54) is 44.1 Å². The smallest absolute Gasteiger partial charge is 0.414 e. The maximum absolute atomic E-state index is 14.2. The van der Waals surface area contributed by atoms with Crippen molar-refractivity contribution in [3.05, 3.63) is 68.3 Å². The van der Waals surface area contributed by atoms with Gasteiger partial charge in [0.1, 0.15) is 16.3 Å². The molecule has 1 amide bonds. The number of carbonyl (C=O) groups excluding carboxylic acids is 1. The minimum absolute atomic E-state index is 0.0148. The number of ether oxygens (including phenoxy) is 1. The second-order valence-corrected chi connectivity index (χ2v) is 9.84. The van der Waals surface area contributed by atoms with Gasteiger partial charge < -0.3 is 14.1 Å². The number of nitrogens with zero attached hydrogens (tertiary/aromatic N) is 2. The fourth-order valence-corrected chi connectivity index (χ4v) is 4.58. The SMILES string of the molecule is CCN(O)S(=O)(=O)c1cc(Cc2c(C)c3cc(Cl)c(OC(=O)N(C)C)cc3oc2=O)ccc1F. The Bertz CT molecular complexity index is 1440. The van der Waals surface area contributed by atoms with Crippen LogP contribution in [0.3, 0.4) is 0 Å². The number of sulfonamides is 1. The molecule has 0 aliphatic heterocycles. The van der Waals surface area contributed by atoms with Crippen LogP contribution in [0.1, 0.15) is 23.6 Å². The van der Waals surface area contributed by atoms with Crippen LogP contribution in [0.15, 0.2) is 44.4 Å². The van der Waals surface area contributed by atoms with Crippen LogP contribution in [0.5, 0.6) is 5.75 Å². The molecule has 34 heavy (non-hydrogen) atoms. The second-order valence-electron chi connectivity index (χ2n) is 7.62. The molecule has 1 N–H and O–H groups in total. The summed E-state index contributed by atoms with van der Waals surface area (Å²) in [7, 11) is -1.47. The van der Waals surface area contributed by atoms with E-state index >= 15 is 0 Å². The molecule has 0 atom stereocenters. The van der Waals surface area contributed by atoms with Gasteiger partial charge in [-0.1, -0.05) is 22.1 Å². The first-order valence-electron chi connectivity index (χ1n) is 10.0. The zero-order valence-corrected chi connectivity index (χ0v) is 20.3. The molecule has 0 fully saturated rings. The third kappa shape index (κ3) is 4.92. The van der Waals surface area contributed by atoms with Gasteiger partial charge in [-0.2, -0.15) is 0 Å². The van der Waals surface area contributed by atoms with E-state index in [0.29, 0.717) is 16.5 Å². The van der Waals surface area contributed by atoms with Crippen molar-refractivity contribution in [3.8, 4) is 5.75 Å². The van der Waals surface area contributed by atoms with Crippen LogP contribution in [0.2, 0.25) is 5.02 Å². The highest BCUT2D eigenvalue weighted by atomic mass is 35.5. The van der Waals surface area contributed by atoms with Gasteiger partial charge in [-0.3, -0.25) is 5.21 Å². The van der Waals surface area contributed by atoms with Gasteiger partial charge in [0, 0.05) is 44.1 Å². The van der Waals surface area contributed by atoms with Crippen molar-refractivity contribution in [2.24, 2.45) is 0 Å². The van der Waals surface area contributed by atoms with Crippen molar-refractivity contribution in [2.75, 3.05) is 20.6 Å². The first-order valence-corrected chi connectivity index (χ1v) is 11.8. The van der Waals surface area contributed by atoms with Gasteiger partial charge >= 0.3 is 11.7 Å². The standard InChI is InChI=1S/C22H22ClFN2O7S/c1-5-26(29)34(30,31)20-9-13(6-7-17(20)24)8-15-12(2)14-10-16(23)19(33-22(28)25(3)4)11-18(14)32-21(15)27/h6-7,9-11,29H,5,8H2,1-4H3. The summed E-state index contributed by atoms with van der Waals surface area (Å²) in [5.74, 6) is -1.02. The molecule has 0 aliphatic carbocycles. The number of benzene rings is 2. The molecule has 182 valence electrons. The van der Waals surface area contributed by atoms with E-state index in [2.05, 4.69) is 0 Å². The third-order valence-corrected chi connectivity index (χ3v) is 7.08. The monoisotopic (exact) mass is 512 g/mol. The number of fused-ring (bicyclic) bond motifs is 1. The molecule has 0 radical (unpaired) electrons. The molecule has 0 unspecified atom stereocenters. The molecule has 12 heteroatoms. The van der Waals surface area contributed by atoms with Crippen molar-refractivity contribution < 1.29 is 32.0 Å². The molecule has 0 spiro atoms. The lowest BCUT2D eigenvalue weighted by Gasteiger charge is -2.15. The fraction of sp³-hybridized carbons (Fsp3) is 0.273. The van der Waals surface area contributed by atoms with Crippen LogP contribution in [-0.2, 0) is 16.4 Å². The Kier molecular flexibility index (Phi) is 7.32. The van der Waals surface area contributed by atoms with Crippen LogP contribution < -0.4 is 10.4 Å². The minimum atomic E-state index is -4.47. The normalized spacial score (nSPS) is 11.8. The zero-order chi connectivity index (χ0) is 25.4. The third-order valence-electron chi connectivity index (χ3n) is 5.10. The molecule has 0 aliphatic rings. The summed E-state index contributed by atoms with van der Waals surface area (Å²) >= 11 is 6.26. The summed E-state index contributed by atoms with van der Waals surface area (Å²) in [6, 6.07) is 6.17.